The number of aromatic nitrogens is 4. The van der Waals surface area contributed by atoms with Crippen molar-refractivity contribution in [1.29, 1.82) is 0 Å². The number of benzene rings is 3. The van der Waals surface area contributed by atoms with Crippen molar-refractivity contribution >= 4 is 22.1 Å². The number of imidazole rings is 1. The topological polar surface area (TPSA) is 124 Å². The van der Waals surface area contributed by atoms with Crippen molar-refractivity contribution in [2.45, 2.75) is 56.6 Å². The minimum absolute atomic E-state index is 0.135. The van der Waals surface area contributed by atoms with Gasteiger partial charge < -0.3 is 34.7 Å². The molecule has 5 unspecified atom stereocenters. The van der Waals surface area contributed by atoms with Gasteiger partial charge in [-0.25, -0.2) is 9.97 Å². The predicted octanol–water partition coefficient (Wildman–Crippen LogP) is 5.29. The fourth-order valence-corrected chi connectivity index (χ4v) is 8.17. The fraction of sp³-hybridized carbons (Fsp3) is 0.316. The summed E-state index contributed by atoms with van der Waals surface area (Å²) in [6.45, 7) is 1.76. The maximum absolute atomic E-state index is 11.4. The summed E-state index contributed by atoms with van der Waals surface area (Å²) in [5, 5.41) is 25.8. The van der Waals surface area contributed by atoms with E-state index in [4.69, 9.17) is 25.3 Å². The number of hydrogen-bond donors (Lipinski definition) is 3. The maximum Gasteiger partial charge on any atom is 0.158 e. The van der Waals surface area contributed by atoms with Crippen molar-refractivity contribution in [2.24, 2.45) is 11.7 Å². The summed E-state index contributed by atoms with van der Waals surface area (Å²) < 4.78 is 10.4. The molecule has 0 radical (unpaired) electrons. The largest absolute Gasteiger partial charge is 0.494 e. The van der Waals surface area contributed by atoms with Gasteiger partial charge in [0.15, 0.2) is 11.6 Å². The van der Waals surface area contributed by atoms with E-state index in [-0.39, 0.29) is 12.1 Å². The first kappa shape index (κ1) is 29.4. The first-order valence-electron chi connectivity index (χ1n) is 16.7. The van der Waals surface area contributed by atoms with Crippen molar-refractivity contribution < 1.29 is 19.8 Å². The van der Waals surface area contributed by atoms with Gasteiger partial charge in [-0.1, -0.05) is 42.5 Å². The van der Waals surface area contributed by atoms with Crippen LogP contribution in [0.1, 0.15) is 36.5 Å². The molecule has 5 heterocycles. The Morgan fingerprint density at radius 1 is 0.917 bits per heavy atom. The maximum atomic E-state index is 11.4. The Hall–Kier alpha value is -4.74. The second-order valence-corrected chi connectivity index (χ2v) is 13.4. The molecule has 5 atom stereocenters. The van der Waals surface area contributed by atoms with Crippen molar-refractivity contribution in [3.63, 3.8) is 0 Å². The Balaban J connectivity index is 1.25. The quantitative estimate of drug-likeness (QED) is 0.238. The third-order valence-corrected chi connectivity index (χ3v) is 10.6. The van der Waals surface area contributed by atoms with E-state index in [9.17, 15) is 10.2 Å². The molecule has 0 amide bonds. The lowest BCUT2D eigenvalue weighted by Gasteiger charge is -2.26. The standard InChI is InChI=1S/C38H38N6O4/c1-47-33-19-26(48-44-21-25-11-12-30(44)34(25)39)18-29-35(33)43-20-22-6-4-7-23(16-22)27-9-2-3-10-28(27)36(46)32(45)13-15-42-31(38(43)41-29)17-24-8-5-14-40-37(24)42/h2-10,14,16-19,25,30,32,34,36,45-46H,11-13,15,20-21,39H2,1H3. The molecule has 0 spiro atoms. The number of nitrogens with zero attached hydrogens (tertiary/aromatic N) is 5. The van der Waals surface area contributed by atoms with Gasteiger partial charge in [-0.2, -0.15) is 0 Å². The normalized spacial score (nSPS) is 23.9. The lowest BCUT2D eigenvalue weighted by molar-refractivity contribution is -0.0844. The number of ether oxygens (including phenoxy) is 1. The van der Waals surface area contributed by atoms with Gasteiger partial charge in [0.2, 0.25) is 0 Å². The summed E-state index contributed by atoms with van der Waals surface area (Å²) >= 11 is 0. The molecule has 244 valence electrons. The molecular formula is C38H38N6O4. The summed E-state index contributed by atoms with van der Waals surface area (Å²) in [5.74, 6) is 2.54. The Morgan fingerprint density at radius 3 is 2.65 bits per heavy atom. The van der Waals surface area contributed by atoms with Crippen LogP contribution in [-0.2, 0) is 13.1 Å². The van der Waals surface area contributed by atoms with E-state index in [1.165, 1.54) is 0 Å². The second kappa shape index (κ2) is 11.5. The van der Waals surface area contributed by atoms with Gasteiger partial charge in [-0.05, 0) is 71.7 Å². The molecule has 2 fully saturated rings. The molecule has 1 saturated heterocycles. The second-order valence-electron chi connectivity index (χ2n) is 13.4. The lowest BCUT2D eigenvalue weighted by Crippen LogP contribution is -2.39. The molecule has 48 heavy (non-hydrogen) atoms. The molecule has 2 aliphatic heterocycles. The molecule has 4 N–H and O–H groups in total. The SMILES string of the molecule is COc1cc(ON2CC3CCC2C3N)cc2nc3n(c12)Cc1cccc(c1)-c1ccccc1C(O)C(O)CCn1c-3cc2cccnc21. The summed E-state index contributed by atoms with van der Waals surface area (Å²) in [6.07, 6.45) is 2.22. The Bertz CT molecular complexity index is 2170. The van der Waals surface area contributed by atoms with Crippen LogP contribution in [0.15, 0.2) is 85.1 Å². The number of hydroxylamine groups is 2. The van der Waals surface area contributed by atoms with Crippen molar-refractivity contribution in [3.8, 4) is 34.1 Å². The number of nitrogens with two attached hydrogens (primary N) is 1. The Labute approximate surface area is 277 Å². The van der Waals surface area contributed by atoms with E-state index in [1.807, 2.05) is 65.7 Å². The van der Waals surface area contributed by atoms with Crippen LogP contribution in [0.25, 0.3) is 44.7 Å². The molecule has 1 saturated carbocycles. The Morgan fingerprint density at radius 2 is 1.81 bits per heavy atom. The average molecular weight is 643 g/mol. The van der Waals surface area contributed by atoms with E-state index < -0.39 is 12.2 Å². The fourth-order valence-electron chi connectivity index (χ4n) is 8.17. The van der Waals surface area contributed by atoms with E-state index >= 15 is 0 Å². The molecule has 10 heteroatoms. The molecule has 4 bridgehead atoms. The van der Waals surface area contributed by atoms with Crippen LogP contribution in [-0.4, -0.2) is 66.2 Å². The zero-order chi connectivity index (χ0) is 32.5. The van der Waals surface area contributed by atoms with Gasteiger partial charge in [0.25, 0.3) is 0 Å². The van der Waals surface area contributed by atoms with Crippen LogP contribution in [0, 0.1) is 5.92 Å². The van der Waals surface area contributed by atoms with Gasteiger partial charge in [-0.3, -0.25) is 0 Å². The van der Waals surface area contributed by atoms with Crippen LogP contribution >= 0.6 is 0 Å². The van der Waals surface area contributed by atoms with Gasteiger partial charge in [0.1, 0.15) is 23.0 Å². The zero-order valence-electron chi connectivity index (χ0n) is 26.7. The Kier molecular flexibility index (Phi) is 7.01. The molecule has 3 aliphatic rings. The highest BCUT2D eigenvalue weighted by Gasteiger charge is 2.46. The molecule has 9 rings (SSSR count). The number of aliphatic hydroxyl groups excluding tert-OH is 2. The van der Waals surface area contributed by atoms with Crippen LogP contribution in [0.3, 0.4) is 0 Å². The number of fused-ring (bicyclic) bond motifs is 13. The minimum atomic E-state index is -1.06. The molecule has 6 aromatic rings. The highest BCUT2D eigenvalue weighted by Crippen LogP contribution is 2.41. The lowest BCUT2D eigenvalue weighted by atomic mass is 9.92. The predicted molar refractivity (Wildman–Crippen MR) is 183 cm³/mol. The van der Waals surface area contributed by atoms with E-state index in [2.05, 4.69) is 27.3 Å². The molecule has 3 aromatic carbocycles. The highest BCUT2D eigenvalue weighted by molar-refractivity contribution is 5.90. The monoisotopic (exact) mass is 642 g/mol. The number of aliphatic hydroxyl groups is 2. The van der Waals surface area contributed by atoms with E-state index in [0.717, 1.165) is 69.7 Å². The number of pyridine rings is 1. The van der Waals surface area contributed by atoms with Crippen molar-refractivity contribution in [2.75, 3.05) is 13.7 Å². The number of rotatable bonds is 3. The van der Waals surface area contributed by atoms with Crippen LogP contribution in [0.4, 0.5) is 0 Å². The smallest absolute Gasteiger partial charge is 0.158 e. The first-order chi connectivity index (χ1) is 23.5. The van der Waals surface area contributed by atoms with Gasteiger partial charge in [0, 0.05) is 49.4 Å². The zero-order valence-corrected chi connectivity index (χ0v) is 26.7. The number of aryl methyl sites for hydroxylation is 1. The number of hydrogen-bond acceptors (Lipinski definition) is 8. The van der Waals surface area contributed by atoms with Gasteiger partial charge >= 0.3 is 0 Å². The highest BCUT2D eigenvalue weighted by atomic mass is 16.7. The van der Waals surface area contributed by atoms with Crippen LogP contribution in [0.5, 0.6) is 11.5 Å². The van der Waals surface area contributed by atoms with Crippen molar-refractivity contribution in [3.05, 3.63) is 96.2 Å². The van der Waals surface area contributed by atoms with Gasteiger partial charge in [0.05, 0.1) is 30.5 Å². The minimum Gasteiger partial charge on any atom is -0.494 e. The molecule has 10 nitrogen and oxygen atoms in total. The van der Waals surface area contributed by atoms with E-state index in [1.54, 1.807) is 13.3 Å². The molecular weight excluding hydrogens is 604 g/mol. The van der Waals surface area contributed by atoms with Gasteiger partial charge in [-0.15, -0.1) is 5.06 Å². The summed E-state index contributed by atoms with van der Waals surface area (Å²) in [5.41, 5.74) is 13.4. The van der Waals surface area contributed by atoms with Crippen LogP contribution < -0.4 is 15.3 Å². The van der Waals surface area contributed by atoms with Crippen LogP contribution in [0.2, 0.25) is 0 Å². The molecule has 3 aromatic heterocycles. The summed E-state index contributed by atoms with van der Waals surface area (Å²) in [4.78, 5) is 16.5. The summed E-state index contributed by atoms with van der Waals surface area (Å²) in [6, 6.07) is 26.4. The third-order valence-electron chi connectivity index (χ3n) is 10.6. The number of piperidine rings is 1. The third kappa shape index (κ3) is 4.70. The number of methoxy groups -OCH3 is 1. The summed E-state index contributed by atoms with van der Waals surface area (Å²) in [7, 11) is 1.68. The molecule has 1 aliphatic carbocycles. The first-order valence-corrected chi connectivity index (χ1v) is 16.7. The average Bonchev–Trinajstić information content (AvgIpc) is 3.85. The van der Waals surface area contributed by atoms with E-state index in [0.29, 0.717) is 42.5 Å². The van der Waals surface area contributed by atoms with Crippen molar-refractivity contribution in [1.82, 2.24) is 24.2 Å².